The molecule has 1 rings (SSSR count). The molecule has 0 spiro atoms. The van der Waals surface area contributed by atoms with Gasteiger partial charge in [0.1, 0.15) is 18.4 Å². The molecule has 0 fully saturated rings. The molecule has 134 valence electrons. The molecule has 0 saturated heterocycles. The van der Waals surface area contributed by atoms with Gasteiger partial charge in [-0.05, 0) is 17.7 Å². The SMILES string of the molecule is C#CCOc1ccc(C[C@H](NC(=O)CNC(=O)CI)C(=O)OC)cc1. The molecule has 2 N–H and O–H groups in total. The van der Waals surface area contributed by atoms with Crippen molar-refractivity contribution in [3.63, 3.8) is 0 Å². The maximum Gasteiger partial charge on any atom is 0.328 e. The van der Waals surface area contributed by atoms with Gasteiger partial charge in [0, 0.05) is 6.42 Å². The van der Waals surface area contributed by atoms with E-state index in [0.29, 0.717) is 5.75 Å². The van der Waals surface area contributed by atoms with Gasteiger partial charge in [0.05, 0.1) is 18.1 Å². The standard InChI is InChI=1S/C17H19IN2O5/c1-3-8-25-13-6-4-12(5-7-13)9-14(17(23)24-2)20-16(22)11-19-15(21)10-18/h1,4-7,14H,8-11H2,2H3,(H,19,21)(H,20,22)/t14-/m0/s1. The average Bonchev–Trinajstić information content (AvgIpc) is 2.64. The third-order valence-electron chi connectivity index (χ3n) is 3.07. The van der Waals surface area contributed by atoms with Gasteiger partial charge >= 0.3 is 5.97 Å². The molecule has 0 aliphatic carbocycles. The minimum atomic E-state index is -0.855. The molecule has 0 saturated carbocycles. The number of hydrogen-bond acceptors (Lipinski definition) is 5. The van der Waals surface area contributed by atoms with Crippen LogP contribution in [0.3, 0.4) is 0 Å². The van der Waals surface area contributed by atoms with Crippen molar-refractivity contribution in [1.82, 2.24) is 10.6 Å². The van der Waals surface area contributed by atoms with Crippen LogP contribution in [0.15, 0.2) is 24.3 Å². The number of ether oxygens (including phenoxy) is 2. The summed E-state index contributed by atoms with van der Waals surface area (Å²) in [6, 6.07) is 6.14. The third-order valence-corrected chi connectivity index (χ3v) is 3.77. The number of rotatable bonds is 9. The minimum Gasteiger partial charge on any atom is -0.481 e. The molecule has 1 aromatic carbocycles. The Morgan fingerprint density at radius 3 is 2.48 bits per heavy atom. The topological polar surface area (TPSA) is 93.7 Å². The molecular formula is C17H19IN2O5. The highest BCUT2D eigenvalue weighted by Crippen LogP contribution is 2.13. The van der Waals surface area contributed by atoms with Crippen LogP contribution in [0.1, 0.15) is 5.56 Å². The van der Waals surface area contributed by atoms with E-state index in [2.05, 4.69) is 16.6 Å². The number of amides is 2. The Morgan fingerprint density at radius 1 is 1.24 bits per heavy atom. The van der Waals surface area contributed by atoms with Crippen LogP contribution in [-0.4, -0.2) is 48.5 Å². The van der Waals surface area contributed by atoms with E-state index in [1.165, 1.54) is 7.11 Å². The lowest BCUT2D eigenvalue weighted by Crippen LogP contribution is -2.47. The first-order valence-corrected chi connectivity index (χ1v) is 8.87. The second-order valence-corrected chi connectivity index (χ2v) is 5.66. The summed E-state index contributed by atoms with van der Waals surface area (Å²) in [6.45, 7) is -0.0304. The number of halogens is 1. The van der Waals surface area contributed by atoms with Gasteiger partial charge in [0.15, 0.2) is 0 Å². The number of methoxy groups -OCH3 is 1. The summed E-state index contributed by atoms with van der Waals surface area (Å²) in [5.41, 5.74) is 0.806. The molecule has 8 heteroatoms. The van der Waals surface area contributed by atoms with Crippen molar-refractivity contribution in [2.24, 2.45) is 0 Å². The van der Waals surface area contributed by atoms with Gasteiger partial charge in [-0.25, -0.2) is 4.79 Å². The van der Waals surface area contributed by atoms with E-state index in [-0.39, 0.29) is 29.9 Å². The summed E-state index contributed by atoms with van der Waals surface area (Å²) < 4.78 is 10.2. The van der Waals surface area contributed by atoms with Crippen molar-refractivity contribution in [3.05, 3.63) is 29.8 Å². The molecule has 7 nitrogen and oxygen atoms in total. The van der Waals surface area contributed by atoms with Crippen LogP contribution in [0, 0.1) is 12.3 Å². The molecule has 0 radical (unpaired) electrons. The van der Waals surface area contributed by atoms with Crippen LogP contribution in [-0.2, 0) is 25.5 Å². The Labute approximate surface area is 160 Å². The summed E-state index contributed by atoms with van der Waals surface area (Å²) in [6.07, 6.45) is 5.37. The quantitative estimate of drug-likeness (QED) is 0.243. The summed E-state index contributed by atoms with van der Waals surface area (Å²) in [5, 5.41) is 5.00. The maximum atomic E-state index is 11.9. The van der Waals surface area contributed by atoms with E-state index in [1.807, 2.05) is 22.6 Å². The van der Waals surface area contributed by atoms with Crippen molar-refractivity contribution < 1.29 is 23.9 Å². The maximum absolute atomic E-state index is 11.9. The number of carbonyl (C=O) groups is 3. The van der Waals surface area contributed by atoms with Crippen molar-refractivity contribution in [3.8, 4) is 18.1 Å². The first-order valence-electron chi connectivity index (χ1n) is 7.35. The molecule has 25 heavy (non-hydrogen) atoms. The minimum absolute atomic E-state index is 0.170. The van der Waals surface area contributed by atoms with Gasteiger partial charge in [-0.15, -0.1) is 6.42 Å². The number of hydrogen-bond donors (Lipinski definition) is 2. The Morgan fingerprint density at radius 2 is 1.92 bits per heavy atom. The van der Waals surface area contributed by atoms with Gasteiger partial charge < -0.3 is 20.1 Å². The Kier molecular flexibility index (Phi) is 9.39. The van der Waals surface area contributed by atoms with Crippen LogP contribution < -0.4 is 15.4 Å². The van der Waals surface area contributed by atoms with Crippen molar-refractivity contribution in [1.29, 1.82) is 0 Å². The highest BCUT2D eigenvalue weighted by atomic mass is 127. The summed E-state index contributed by atoms with van der Waals surface area (Å²) in [5.74, 6) is 1.69. The molecular weight excluding hydrogens is 439 g/mol. The molecule has 0 bridgehead atoms. The zero-order valence-electron chi connectivity index (χ0n) is 13.7. The van der Waals surface area contributed by atoms with Gasteiger partial charge in [0.2, 0.25) is 11.8 Å². The Bertz CT molecular complexity index is 639. The zero-order chi connectivity index (χ0) is 18.7. The number of terminal acetylenes is 1. The van der Waals surface area contributed by atoms with Crippen molar-refractivity contribution in [2.45, 2.75) is 12.5 Å². The normalized spacial score (nSPS) is 10.9. The van der Waals surface area contributed by atoms with E-state index in [1.54, 1.807) is 24.3 Å². The second kappa shape index (κ2) is 11.3. The average molecular weight is 458 g/mol. The van der Waals surface area contributed by atoms with E-state index in [0.717, 1.165) is 5.56 Å². The Hall–Kier alpha value is -2.28. The fourth-order valence-electron chi connectivity index (χ4n) is 1.89. The van der Waals surface area contributed by atoms with E-state index >= 15 is 0 Å². The molecule has 0 aromatic heterocycles. The van der Waals surface area contributed by atoms with Gasteiger partial charge in [0.25, 0.3) is 0 Å². The number of alkyl halides is 1. The van der Waals surface area contributed by atoms with Crippen molar-refractivity contribution in [2.75, 3.05) is 24.7 Å². The van der Waals surface area contributed by atoms with Crippen LogP contribution in [0.5, 0.6) is 5.75 Å². The fraction of sp³-hybridized carbons (Fsp3) is 0.353. The van der Waals surface area contributed by atoms with Gasteiger partial charge in [-0.2, -0.15) is 0 Å². The van der Waals surface area contributed by atoms with Gasteiger partial charge in [-0.3, -0.25) is 9.59 Å². The van der Waals surface area contributed by atoms with Crippen LogP contribution in [0.2, 0.25) is 0 Å². The molecule has 2 amide bonds. The third kappa shape index (κ3) is 7.89. The van der Waals surface area contributed by atoms with Crippen molar-refractivity contribution >= 4 is 40.4 Å². The van der Waals surface area contributed by atoms with E-state index in [4.69, 9.17) is 15.9 Å². The van der Waals surface area contributed by atoms with Crippen LogP contribution >= 0.6 is 22.6 Å². The first kappa shape index (κ1) is 20.8. The highest BCUT2D eigenvalue weighted by Gasteiger charge is 2.22. The first-order chi connectivity index (χ1) is 12.0. The highest BCUT2D eigenvalue weighted by molar-refractivity contribution is 14.1. The lowest BCUT2D eigenvalue weighted by atomic mass is 10.1. The number of nitrogens with one attached hydrogen (secondary N) is 2. The molecule has 0 unspecified atom stereocenters. The summed E-state index contributed by atoms with van der Waals surface area (Å²) in [4.78, 5) is 34.9. The summed E-state index contributed by atoms with van der Waals surface area (Å²) in [7, 11) is 1.25. The lowest BCUT2D eigenvalue weighted by molar-refractivity contribution is -0.144. The smallest absolute Gasteiger partial charge is 0.328 e. The predicted molar refractivity (Wildman–Crippen MR) is 100 cm³/mol. The zero-order valence-corrected chi connectivity index (χ0v) is 15.9. The second-order valence-electron chi connectivity index (χ2n) is 4.89. The number of benzene rings is 1. The fourth-order valence-corrected chi connectivity index (χ4v) is 2.16. The van der Waals surface area contributed by atoms with Gasteiger partial charge in [-0.1, -0.05) is 40.6 Å². The number of esters is 1. The van der Waals surface area contributed by atoms with Crippen LogP contribution in [0.4, 0.5) is 0 Å². The molecule has 0 aliphatic heterocycles. The molecule has 1 atom stereocenters. The molecule has 0 aliphatic rings. The Balaban J connectivity index is 2.66. The van der Waals surface area contributed by atoms with Crippen LogP contribution in [0.25, 0.3) is 0 Å². The number of carbonyl (C=O) groups excluding carboxylic acids is 3. The largest absolute Gasteiger partial charge is 0.481 e. The van der Waals surface area contributed by atoms with E-state index < -0.39 is 17.9 Å². The predicted octanol–water partition coefficient (Wildman–Crippen LogP) is 0.450. The van der Waals surface area contributed by atoms with E-state index in [9.17, 15) is 14.4 Å². The monoisotopic (exact) mass is 458 g/mol. The molecule has 1 aromatic rings. The molecule has 0 heterocycles. The lowest BCUT2D eigenvalue weighted by Gasteiger charge is -2.17. The summed E-state index contributed by atoms with van der Waals surface area (Å²) >= 11 is 1.89.